The second-order valence-electron chi connectivity index (χ2n) is 4.57. The first-order chi connectivity index (χ1) is 9.70. The maximum Gasteiger partial charge on any atom is 0.228 e. The fraction of sp³-hybridized carbons (Fsp3) is 0.0588. The van der Waals surface area contributed by atoms with E-state index < -0.39 is 0 Å². The highest BCUT2D eigenvalue weighted by molar-refractivity contribution is 6.10. The van der Waals surface area contributed by atoms with E-state index in [4.69, 9.17) is 9.68 Å². The standard InChI is InChI=1S/C17H11NO2/c1-11-14-4-2-3-5-15(14)20-17(11)16(19)13-8-6-12(10-18)7-9-13/h2-9H,1H3. The lowest BCUT2D eigenvalue weighted by Crippen LogP contribution is -2.01. The van der Waals surface area contributed by atoms with Gasteiger partial charge in [0.05, 0.1) is 11.6 Å². The zero-order chi connectivity index (χ0) is 14.1. The monoisotopic (exact) mass is 261 g/mol. The first-order valence-corrected chi connectivity index (χ1v) is 6.23. The summed E-state index contributed by atoms with van der Waals surface area (Å²) in [5, 5.41) is 9.72. The second kappa shape index (κ2) is 4.67. The van der Waals surface area contributed by atoms with Gasteiger partial charge in [-0.05, 0) is 37.3 Å². The van der Waals surface area contributed by atoms with Crippen molar-refractivity contribution in [2.24, 2.45) is 0 Å². The molecule has 0 fully saturated rings. The molecule has 0 saturated heterocycles. The average Bonchev–Trinajstić information content (AvgIpc) is 2.84. The third-order valence-corrected chi connectivity index (χ3v) is 3.33. The number of fused-ring (bicyclic) bond motifs is 1. The van der Waals surface area contributed by atoms with Gasteiger partial charge >= 0.3 is 0 Å². The number of ketones is 1. The molecule has 0 bridgehead atoms. The molecule has 0 radical (unpaired) electrons. The molecule has 0 atom stereocenters. The zero-order valence-electron chi connectivity index (χ0n) is 10.9. The fourth-order valence-electron chi connectivity index (χ4n) is 2.22. The molecule has 2 aromatic carbocycles. The molecule has 96 valence electrons. The summed E-state index contributed by atoms with van der Waals surface area (Å²) >= 11 is 0. The molecule has 0 spiro atoms. The Bertz CT molecular complexity index is 836. The van der Waals surface area contributed by atoms with Crippen molar-refractivity contribution in [3.63, 3.8) is 0 Å². The highest BCUT2D eigenvalue weighted by Gasteiger charge is 2.18. The Kier molecular flexibility index (Phi) is 2.85. The molecule has 0 aliphatic heterocycles. The Labute approximate surface area is 116 Å². The third kappa shape index (κ3) is 1.88. The number of hydrogen-bond donors (Lipinski definition) is 0. The molecule has 0 aliphatic carbocycles. The van der Waals surface area contributed by atoms with E-state index in [1.165, 1.54) is 0 Å². The van der Waals surface area contributed by atoms with Crippen molar-refractivity contribution in [2.45, 2.75) is 6.92 Å². The summed E-state index contributed by atoms with van der Waals surface area (Å²) in [5.41, 5.74) is 2.60. The molecule has 3 aromatic rings. The smallest absolute Gasteiger partial charge is 0.228 e. The van der Waals surface area contributed by atoms with Gasteiger partial charge in [0, 0.05) is 16.5 Å². The van der Waals surface area contributed by atoms with Gasteiger partial charge < -0.3 is 4.42 Å². The molecule has 3 nitrogen and oxygen atoms in total. The predicted octanol–water partition coefficient (Wildman–Crippen LogP) is 3.84. The van der Waals surface area contributed by atoms with E-state index >= 15 is 0 Å². The first kappa shape index (κ1) is 12.2. The normalized spacial score (nSPS) is 10.4. The average molecular weight is 261 g/mol. The number of nitriles is 1. The quantitative estimate of drug-likeness (QED) is 0.658. The van der Waals surface area contributed by atoms with E-state index in [0.29, 0.717) is 22.5 Å². The molecule has 1 aromatic heterocycles. The Morgan fingerprint density at radius 1 is 1.10 bits per heavy atom. The molecular formula is C17H11NO2. The molecule has 0 aliphatic rings. The molecule has 3 rings (SSSR count). The van der Waals surface area contributed by atoms with Crippen LogP contribution in [0.15, 0.2) is 52.9 Å². The summed E-state index contributed by atoms with van der Waals surface area (Å²) < 4.78 is 5.66. The van der Waals surface area contributed by atoms with Crippen LogP contribution in [0.1, 0.15) is 27.2 Å². The van der Waals surface area contributed by atoms with Crippen molar-refractivity contribution in [3.8, 4) is 6.07 Å². The minimum Gasteiger partial charge on any atom is -0.452 e. The maximum atomic E-state index is 12.5. The lowest BCUT2D eigenvalue weighted by molar-refractivity contribution is 0.101. The van der Waals surface area contributed by atoms with Gasteiger partial charge in [-0.15, -0.1) is 0 Å². The highest BCUT2D eigenvalue weighted by Crippen LogP contribution is 2.26. The van der Waals surface area contributed by atoms with Crippen molar-refractivity contribution < 1.29 is 9.21 Å². The highest BCUT2D eigenvalue weighted by atomic mass is 16.3. The van der Waals surface area contributed by atoms with Crippen LogP contribution < -0.4 is 0 Å². The van der Waals surface area contributed by atoms with Crippen molar-refractivity contribution in [1.82, 2.24) is 0 Å². The Hall–Kier alpha value is -2.86. The van der Waals surface area contributed by atoms with Gasteiger partial charge in [0.15, 0.2) is 5.76 Å². The lowest BCUT2D eigenvalue weighted by atomic mass is 10.0. The van der Waals surface area contributed by atoms with Crippen LogP contribution >= 0.6 is 0 Å². The number of nitrogens with zero attached hydrogens (tertiary/aromatic N) is 1. The number of para-hydroxylation sites is 1. The third-order valence-electron chi connectivity index (χ3n) is 3.33. The Morgan fingerprint density at radius 2 is 1.80 bits per heavy atom. The van der Waals surface area contributed by atoms with Gasteiger partial charge in [-0.25, -0.2) is 0 Å². The van der Waals surface area contributed by atoms with Gasteiger partial charge in [0.2, 0.25) is 5.78 Å². The zero-order valence-corrected chi connectivity index (χ0v) is 10.9. The van der Waals surface area contributed by atoms with Crippen LogP contribution in [-0.2, 0) is 0 Å². The van der Waals surface area contributed by atoms with E-state index in [2.05, 4.69) is 0 Å². The van der Waals surface area contributed by atoms with Crippen LogP contribution in [0, 0.1) is 18.3 Å². The van der Waals surface area contributed by atoms with Crippen LogP contribution in [-0.4, -0.2) is 5.78 Å². The van der Waals surface area contributed by atoms with Crippen molar-refractivity contribution in [3.05, 3.63) is 71.0 Å². The van der Waals surface area contributed by atoms with Crippen molar-refractivity contribution in [1.29, 1.82) is 5.26 Å². The van der Waals surface area contributed by atoms with Gasteiger partial charge in [-0.2, -0.15) is 5.26 Å². The molecule has 0 saturated carbocycles. The largest absolute Gasteiger partial charge is 0.452 e. The first-order valence-electron chi connectivity index (χ1n) is 6.23. The minimum atomic E-state index is -0.164. The number of rotatable bonds is 2. The number of carbonyl (C=O) groups is 1. The Morgan fingerprint density at radius 3 is 2.45 bits per heavy atom. The summed E-state index contributed by atoms with van der Waals surface area (Å²) in [5.74, 6) is 0.194. The number of aryl methyl sites for hydroxylation is 1. The van der Waals surface area contributed by atoms with Gasteiger partial charge in [-0.1, -0.05) is 18.2 Å². The fourth-order valence-corrected chi connectivity index (χ4v) is 2.22. The van der Waals surface area contributed by atoms with Crippen molar-refractivity contribution in [2.75, 3.05) is 0 Å². The van der Waals surface area contributed by atoms with Crippen LogP contribution in [0.3, 0.4) is 0 Å². The minimum absolute atomic E-state index is 0.164. The summed E-state index contributed by atoms with van der Waals surface area (Å²) in [6, 6.07) is 16.2. The summed E-state index contributed by atoms with van der Waals surface area (Å²) in [4.78, 5) is 12.5. The van der Waals surface area contributed by atoms with Crippen LogP contribution in [0.2, 0.25) is 0 Å². The molecular weight excluding hydrogens is 250 g/mol. The van der Waals surface area contributed by atoms with E-state index in [1.807, 2.05) is 37.3 Å². The second-order valence-corrected chi connectivity index (χ2v) is 4.57. The van der Waals surface area contributed by atoms with Crippen LogP contribution in [0.25, 0.3) is 11.0 Å². The maximum absolute atomic E-state index is 12.5. The SMILES string of the molecule is Cc1c(C(=O)c2ccc(C#N)cc2)oc2ccccc12. The molecule has 0 amide bonds. The number of hydrogen-bond acceptors (Lipinski definition) is 3. The van der Waals surface area contributed by atoms with E-state index in [0.717, 1.165) is 10.9 Å². The summed E-state index contributed by atoms with van der Waals surface area (Å²) in [6.07, 6.45) is 0. The van der Waals surface area contributed by atoms with E-state index in [-0.39, 0.29) is 5.78 Å². The topological polar surface area (TPSA) is 54.0 Å². The molecule has 1 heterocycles. The summed E-state index contributed by atoms with van der Waals surface area (Å²) in [7, 11) is 0. The molecule has 0 N–H and O–H groups in total. The van der Waals surface area contributed by atoms with Gasteiger partial charge in [-0.3, -0.25) is 4.79 Å². The number of carbonyl (C=O) groups excluding carboxylic acids is 1. The van der Waals surface area contributed by atoms with E-state index in [1.54, 1.807) is 24.3 Å². The van der Waals surface area contributed by atoms with Crippen LogP contribution in [0.5, 0.6) is 0 Å². The molecule has 3 heteroatoms. The predicted molar refractivity (Wildman–Crippen MR) is 75.5 cm³/mol. The van der Waals surface area contributed by atoms with Gasteiger partial charge in [0.25, 0.3) is 0 Å². The van der Waals surface area contributed by atoms with Gasteiger partial charge in [0.1, 0.15) is 5.58 Å². The van der Waals surface area contributed by atoms with E-state index in [9.17, 15) is 4.79 Å². The molecule has 20 heavy (non-hydrogen) atoms. The van der Waals surface area contributed by atoms with Crippen LogP contribution in [0.4, 0.5) is 0 Å². The van der Waals surface area contributed by atoms with Crippen molar-refractivity contribution >= 4 is 16.8 Å². The molecule has 0 unspecified atom stereocenters. The number of benzene rings is 2. The lowest BCUT2D eigenvalue weighted by Gasteiger charge is -1.99. The Balaban J connectivity index is 2.08. The summed E-state index contributed by atoms with van der Waals surface area (Å²) in [6.45, 7) is 1.88. The number of furan rings is 1.